The van der Waals surface area contributed by atoms with Crippen LogP contribution in [0.3, 0.4) is 0 Å². The van der Waals surface area contributed by atoms with Gasteiger partial charge in [-0.1, -0.05) is 49.7 Å². The number of nitrogens with zero attached hydrogens (tertiary/aromatic N) is 3. The van der Waals surface area contributed by atoms with Crippen LogP contribution in [0.2, 0.25) is 0 Å². The Morgan fingerprint density at radius 1 is 1.03 bits per heavy atom. The molecule has 164 valence electrons. The van der Waals surface area contributed by atoms with Gasteiger partial charge in [0.05, 0.1) is 11.7 Å². The lowest BCUT2D eigenvalue weighted by Gasteiger charge is -2.18. The molecule has 0 bridgehead atoms. The number of oxazole rings is 1. The summed E-state index contributed by atoms with van der Waals surface area (Å²) in [5.74, 6) is 0.820. The van der Waals surface area contributed by atoms with Crippen molar-refractivity contribution in [1.29, 1.82) is 0 Å². The van der Waals surface area contributed by atoms with E-state index in [0.717, 1.165) is 44.2 Å². The average Bonchev–Trinajstić information content (AvgIpc) is 3.30. The number of pyridine rings is 1. The quantitative estimate of drug-likeness (QED) is 0.297. The maximum absolute atomic E-state index is 15.3. The Kier molecular flexibility index (Phi) is 4.45. The second kappa shape index (κ2) is 6.89. The highest BCUT2D eigenvalue weighted by atomic mass is 19.1. The van der Waals surface area contributed by atoms with E-state index in [-0.39, 0.29) is 5.92 Å². The van der Waals surface area contributed by atoms with Gasteiger partial charge in [0, 0.05) is 22.1 Å². The van der Waals surface area contributed by atoms with Crippen LogP contribution >= 0.6 is 0 Å². The van der Waals surface area contributed by atoms with Crippen molar-refractivity contribution in [3.05, 3.63) is 64.3 Å². The molecule has 3 heterocycles. The van der Waals surface area contributed by atoms with Crippen LogP contribution < -0.4 is 0 Å². The smallest absolute Gasteiger partial charge is 0.227 e. The first kappa shape index (κ1) is 20.7. The fourth-order valence-electron chi connectivity index (χ4n) is 4.91. The molecule has 0 aliphatic carbocycles. The zero-order chi connectivity index (χ0) is 22.9. The van der Waals surface area contributed by atoms with Crippen LogP contribution in [0.25, 0.3) is 39.0 Å². The second-order valence-corrected chi connectivity index (χ2v) is 9.66. The van der Waals surface area contributed by atoms with Crippen molar-refractivity contribution in [2.45, 2.75) is 60.1 Å². The lowest BCUT2D eigenvalue weighted by molar-refractivity contribution is 0.223. The van der Waals surface area contributed by atoms with E-state index in [1.54, 1.807) is 13.8 Å². The third-order valence-electron chi connectivity index (χ3n) is 6.30. The Morgan fingerprint density at radius 3 is 2.34 bits per heavy atom. The molecule has 0 spiro atoms. The summed E-state index contributed by atoms with van der Waals surface area (Å²) in [7, 11) is 0. The van der Waals surface area contributed by atoms with Crippen LogP contribution in [0.5, 0.6) is 0 Å². The maximum Gasteiger partial charge on any atom is 0.227 e. The summed E-state index contributed by atoms with van der Waals surface area (Å²) in [6.07, 6.45) is 1.87. The summed E-state index contributed by atoms with van der Waals surface area (Å²) in [4.78, 5) is 4.99. The van der Waals surface area contributed by atoms with E-state index in [0.29, 0.717) is 17.0 Å². The molecule has 0 saturated heterocycles. The molecule has 5 rings (SSSR count). The van der Waals surface area contributed by atoms with E-state index in [1.807, 2.05) is 28.9 Å². The van der Waals surface area contributed by atoms with Crippen molar-refractivity contribution in [2.24, 2.45) is 0 Å². The standard InChI is InChI=1S/C27H28FN3O/c1-14(2)19-13-29-31-23-18(9-8-10-20(23)27(6,7)28)22-25(24(19)31)32-26(30-22)21-16(4)11-15(3)12-17(21)5/h8-14H,1-7H3. The zero-order valence-electron chi connectivity index (χ0n) is 19.7. The summed E-state index contributed by atoms with van der Waals surface area (Å²) in [6.45, 7) is 13.7. The molecular weight excluding hydrogens is 401 g/mol. The molecule has 0 aliphatic rings. The van der Waals surface area contributed by atoms with E-state index < -0.39 is 5.67 Å². The first-order valence-electron chi connectivity index (χ1n) is 11.1. The van der Waals surface area contributed by atoms with Crippen LogP contribution in [0.15, 0.2) is 40.9 Å². The number of aryl methyl sites for hydroxylation is 3. The molecule has 32 heavy (non-hydrogen) atoms. The third-order valence-corrected chi connectivity index (χ3v) is 6.30. The Labute approximate surface area is 187 Å². The van der Waals surface area contributed by atoms with Gasteiger partial charge in [-0.3, -0.25) is 0 Å². The SMILES string of the molecule is Cc1cc(C)c(-c2nc3c4cccc(C(C)(C)F)c4n4ncc(C(C)C)c4c3o2)c(C)c1. The molecule has 3 aromatic heterocycles. The van der Waals surface area contributed by atoms with Gasteiger partial charge < -0.3 is 4.42 Å². The van der Waals surface area contributed by atoms with Crippen molar-refractivity contribution in [3.8, 4) is 11.5 Å². The summed E-state index contributed by atoms with van der Waals surface area (Å²) in [5, 5.41) is 5.52. The van der Waals surface area contributed by atoms with Crippen LogP contribution in [-0.2, 0) is 5.67 Å². The zero-order valence-corrected chi connectivity index (χ0v) is 19.7. The molecule has 0 radical (unpaired) electrons. The Hall–Kier alpha value is -3.21. The number of rotatable bonds is 3. The van der Waals surface area contributed by atoms with Crippen molar-refractivity contribution < 1.29 is 8.81 Å². The first-order chi connectivity index (χ1) is 15.1. The number of alkyl halides is 1. The molecule has 4 nitrogen and oxygen atoms in total. The van der Waals surface area contributed by atoms with Gasteiger partial charge in [-0.05, 0) is 51.7 Å². The van der Waals surface area contributed by atoms with Gasteiger partial charge in [0.1, 0.15) is 16.7 Å². The minimum Gasteiger partial charge on any atom is -0.434 e. The summed E-state index contributed by atoms with van der Waals surface area (Å²) >= 11 is 0. The molecule has 0 atom stereocenters. The van der Waals surface area contributed by atoms with Crippen molar-refractivity contribution >= 4 is 27.5 Å². The minimum atomic E-state index is -1.53. The van der Waals surface area contributed by atoms with Crippen LogP contribution in [-0.4, -0.2) is 14.6 Å². The normalized spacial score (nSPS) is 12.7. The predicted molar refractivity (Wildman–Crippen MR) is 128 cm³/mol. The molecule has 2 aromatic carbocycles. The van der Waals surface area contributed by atoms with Gasteiger partial charge in [0.2, 0.25) is 5.89 Å². The molecule has 0 saturated carbocycles. The monoisotopic (exact) mass is 429 g/mol. The molecule has 5 aromatic rings. The van der Waals surface area contributed by atoms with E-state index >= 15 is 4.39 Å². The lowest BCUT2D eigenvalue weighted by atomic mass is 9.96. The predicted octanol–water partition coefficient (Wildman–Crippen LogP) is 7.55. The number of fused-ring (bicyclic) bond motifs is 6. The van der Waals surface area contributed by atoms with E-state index in [4.69, 9.17) is 9.40 Å². The number of halogens is 1. The molecule has 0 N–H and O–H groups in total. The van der Waals surface area contributed by atoms with Crippen LogP contribution in [0, 0.1) is 20.8 Å². The lowest BCUT2D eigenvalue weighted by Crippen LogP contribution is -2.12. The van der Waals surface area contributed by atoms with Crippen molar-refractivity contribution in [1.82, 2.24) is 14.6 Å². The summed E-state index contributed by atoms with van der Waals surface area (Å²) in [6, 6.07) is 9.98. The molecule has 0 fully saturated rings. The molecular formula is C27H28FN3O. The first-order valence-corrected chi connectivity index (χ1v) is 11.1. The maximum atomic E-state index is 15.3. The van der Waals surface area contributed by atoms with Gasteiger partial charge in [-0.2, -0.15) is 5.10 Å². The number of aromatic nitrogens is 3. The van der Waals surface area contributed by atoms with Crippen molar-refractivity contribution in [3.63, 3.8) is 0 Å². The Bertz CT molecular complexity index is 1490. The van der Waals surface area contributed by atoms with Gasteiger partial charge in [-0.25, -0.2) is 13.9 Å². The van der Waals surface area contributed by atoms with Gasteiger partial charge in [0.25, 0.3) is 0 Å². The molecule has 0 aliphatic heterocycles. The largest absolute Gasteiger partial charge is 0.434 e. The third kappa shape index (κ3) is 2.94. The second-order valence-electron chi connectivity index (χ2n) is 9.66. The highest BCUT2D eigenvalue weighted by Gasteiger charge is 2.28. The van der Waals surface area contributed by atoms with Gasteiger partial charge in [-0.15, -0.1) is 0 Å². The van der Waals surface area contributed by atoms with E-state index in [9.17, 15) is 0 Å². The number of benzene rings is 2. The summed E-state index contributed by atoms with van der Waals surface area (Å²) < 4.78 is 23.6. The Morgan fingerprint density at radius 2 is 1.72 bits per heavy atom. The fourth-order valence-corrected chi connectivity index (χ4v) is 4.91. The van der Waals surface area contributed by atoms with Gasteiger partial charge in [0.15, 0.2) is 5.58 Å². The topological polar surface area (TPSA) is 43.3 Å². The summed E-state index contributed by atoms with van der Waals surface area (Å²) in [5.41, 5.74) is 7.63. The highest BCUT2D eigenvalue weighted by molar-refractivity contribution is 6.10. The fraction of sp³-hybridized carbons (Fsp3) is 0.333. The van der Waals surface area contributed by atoms with Gasteiger partial charge >= 0.3 is 0 Å². The van der Waals surface area contributed by atoms with E-state index in [1.165, 1.54) is 5.56 Å². The van der Waals surface area contributed by atoms with Crippen molar-refractivity contribution in [2.75, 3.05) is 0 Å². The van der Waals surface area contributed by atoms with Crippen LogP contribution in [0.4, 0.5) is 4.39 Å². The molecule has 0 unspecified atom stereocenters. The molecule has 0 amide bonds. The van der Waals surface area contributed by atoms with E-state index in [2.05, 4.69) is 51.9 Å². The average molecular weight is 430 g/mol. The number of para-hydroxylation sites is 1. The number of hydrogen-bond acceptors (Lipinski definition) is 3. The highest BCUT2D eigenvalue weighted by Crippen LogP contribution is 2.40. The Balaban J connectivity index is 1.99. The minimum absolute atomic E-state index is 0.232. The number of hydrogen-bond donors (Lipinski definition) is 0. The molecule has 5 heteroatoms. The van der Waals surface area contributed by atoms with Crippen LogP contribution in [0.1, 0.15) is 61.4 Å².